The van der Waals surface area contributed by atoms with Crippen LogP contribution < -0.4 is 11.1 Å². The van der Waals surface area contributed by atoms with Gasteiger partial charge in [-0.05, 0) is 32.2 Å². The third-order valence-electron chi connectivity index (χ3n) is 2.27. The smallest absolute Gasteiger partial charge is 0.00822 e. The van der Waals surface area contributed by atoms with Gasteiger partial charge in [0.1, 0.15) is 0 Å². The van der Waals surface area contributed by atoms with Crippen molar-refractivity contribution in [2.45, 2.75) is 44.7 Å². The zero-order valence-electron chi connectivity index (χ0n) is 6.77. The summed E-state index contributed by atoms with van der Waals surface area (Å²) in [5.41, 5.74) is 5.81. The minimum Gasteiger partial charge on any atom is -0.328 e. The van der Waals surface area contributed by atoms with E-state index in [1.165, 1.54) is 19.4 Å². The quantitative estimate of drug-likeness (QED) is 0.613. The SMILES string of the molecule is CCC(N)C[C@H]1CCCN1. The van der Waals surface area contributed by atoms with Crippen molar-refractivity contribution in [3.05, 3.63) is 0 Å². The average Bonchev–Trinajstić information content (AvgIpc) is 2.40. The molecule has 10 heavy (non-hydrogen) atoms. The molecule has 0 bridgehead atoms. The van der Waals surface area contributed by atoms with Gasteiger partial charge in [-0.15, -0.1) is 0 Å². The minimum atomic E-state index is 0.413. The van der Waals surface area contributed by atoms with E-state index in [2.05, 4.69) is 12.2 Å². The molecule has 2 atom stereocenters. The van der Waals surface area contributed by atoms with Gasteiger partial charge in [-0.25, -0.2) is 0 Å². The lowest BCUT2D eigenvalue weighted by Crippen LogP contribution is -2.30. The fourth-order valence-electron chi connectivity index (χ4n) is 1.49. The van der Waals surface area contributed by atoms with Gasteiger partial charge in [-0.2, -0.15) is 0 Å². The predicted molar refractivity (Wildman–Crippen MR) is 43.9 cm³/mol. The molecular formula is C8H18N2. The van der Waals surface area contributed by atoms with Crippen LogP contribution in [0.1, 0.15) is 32.6 Å². The lowest BCUT2D eigenvalue weighted by Gasteiger charge is -2.14. The zero-order chi connectivity index (χ0) is 7.40. The normalized spacial score (nSPS) is 28.8. The largest absolute Gasteiger partial charge is 0.328 e. The Bertz CT molecular complexity index is 87.3. The Kier molecular flexibility index (Phi) is 3.16. The van der Waals surface area contributed by atoms with Gasteiger partial charge in [-0.3, -0.25) is 0 Å². The Labute approximate surface area is 63.2 Å². The van der Waals surface area contributed by atoms with Gasteiger partial charge in [0, 0.05) is 12.1 Å². The van der Waals surface area contributed by atoms with Crippen LogP contribution in [0.15, 0.2) is 0 Å². The van der Waals surface area contributed by atoms with Crippen molar-refractivity contribution in [2.24, 2.45) is 5.73 Å². The predicted octanol–water partition coefficient (Wildman–Crippen LogP) is 0.866. The maximum atomic E-state index is 5.81. The van der Waals surface area contributed by atoms with E-state index in [1.807, 2.05) is 0 Å². The van der Waals surface area contributed by atoms with E-state index in [0.717, 1.165) is 18.9 Å². The topological polar surface area (TPSA) is 38.0 Å². The molecule has 2 heteroatoms. The first-order chi connectivity index (χ1) is 4.83. The Hall–Kier alpha value is -0.0800. The minimum absolute atomic E-state index is 0.413. The zero-order valence-corrected chi connectivity index (χ0v) is 6.77. The molecule has 0 aromatic rings. The summed E-state index contributed by atoms with van der Waals surface area (Å²) in [6, 6.07) is 1.13. The molecule has 0 amide bonds. The molecule has 3 N–H and O–H groups in total. The molecule has 1 aliphatic rings. The van der Waals surface area contributed by atoms with Crippen molar-refractivity contribution in [3.8, 4) is 0 Å². The molecule has 1 heterocycles. The van der Waals surface area contributed by atoms with Crippen molar-refractivity contribution >= 4 is 0 Å². The first kappa shape index (κ1) is 8.02. The third-order valence-corrected chi connectivity index (χ3v) is 2.27. The fourth-order valence-corrected chi connectivity index (χ4v) is 1.49. The first-order valence-electron chi connectivity index (χ1n) is 4.32. The van der Waals surface area contributed by atoms with Crippen molar-refractivity contribution in [1.29, 1.82) is 0 Å². The second kappa shape index (κ2) is 3.94. The Balaban J connectivity index is 2.11. The van der Waals surface area contributed by atoms with E-state index in [-0.39, 0.29) is 0 Å². The molecule has 0 aromatic heterocycles. The van der Waals surface area contributed by atoms with Crippen LogP contribution in [-0.2, 0) is 0 Å². The summed E-state index contributed by atoms with van der Waals surface area (Å²) in [4.78, 5) is 0. The molecule has 0 aliphatic carbocycles. The molecule has 0 aromatic carbocycles. The van der Waals surface area contributed by atoms with Crippen molar-refractivity contribution in [1.82, 2.24) is 5.32 Å². The summed E-state index contributed by atoms with van der Waals surface area (Å²) in [5.74, 6) is 0. The van der Waals surface area contributed by atoms with Crippen molar-refractivity contribution in [3.63, 3.8) is 0 Å². The maximum Gasteiger partial charge on any atom is 0.00822 e. The number of hydrogen-bond acceptors (Lipinski definition) is 2. The summed E-state index contributed by atoms with van der Waals surface area (Å²) < 4.78 is 0. The van der Waals surface area contributed by atoms with Crippen LogP contribution in [0.2, 0.25) is 0 Å². The molecule has 1 aliphatic heterocycles. The molecule has 0 saturated carbocycles. The van der Waals surface area contributed by atoms with E-state index in [9.17, 15) is 0 Å². The van der Waals surface area contributed by atoms with E-state index in [4.69, 9.17) is 5.73 Å². The van der Waals surface area contributed by atoms with Gasteiger partial charge in [0.2, 0.25) is 0 Å². The van der Waals surface area contributed by atoms with Gasteiger partial charge in [0.05, 0.1) is 0 Å². The van der Waals surface area contributed by atoms with Crippen LogP contribution in [-0.4, -0.2) is 18.6 Å². The van der Waals surface area contributed by atoms with E-state index < -0.39 is 0 Å². The second-order valence-electron chi connectivity index (χ2n) is 3.20. The summed E-state index contributed by atoms with van der Waals surface area (Å²) >= 11 is 0. The van der Waals surface area contributed by atoms with Crippen LogP contribution in [0.25, 0.3) is 0 Å². The standard InChI is InChI=1S/C8H18N2/c1-2-7(9)6-8-4-3-5-10-8/h7-8,10H,2-6,9H2,1H3/t7?,8-/m1/s1. The highest BCUT2D eigenvalue weighted by molar-refractivity contribution is 4.77. The Morgan fingerprint density at radius 1 is 1.70 bits per heavy atom. The highest BCUT2D eigenvalue weighted by atomic mass is 14.9. The number of nitrogens with two attached hydrogens (primary N) is 1. The van der Waals surface area contributed by atoms with E-state index in [1.54, 1.807) is 0 Å². The first-order valence-corrected chi connectivity index (χ1v) is 4.32. The van der Waals surface area contributed by atoms with Crippen LogP contribution in [0.4, 0.5) is 0 Å². The molecule has 1 unspecified atom stereocenters. The van der Waals surface area contributed by atoms with E-state index in [0.29, 0.717) is 6.04 Å². The average molecular weight is 142 g/mol. The highest BCUT2D eigenvalue weighted by Crippen LogP contribution is 2.10. The molecule has 60 valence electrons. The lowest BCUT2D eigenvalue weighted by atomic mass is 10.0. The van der Waals surface area contributed by atoms with Crippen LogP contribution in [0, 0.1) is 0 Å². The Morgan fingerprint density at radius 3 is 3.00 bits per heavy atom. The maximum absolute atomic E-state index is 5.81. The van der Waals surface area contributed by atoms with Crippen LogP contribution in [0.3, 0.4) is 0 Å². The number of hydrogen-bond donors (Lipinski definition) is 2. The molecule has 1 fully saturated rings. The third kappa shape index (κ3) is 2.27. The summed E-state index contributed by atoms with van der Waals surface area (Å²) in [6.07, 6.45) is 4.93. The monoisotopic (exact) mass is 142 g/mol. The number of rotatable bonds is 3. The summed E-state index contributed by atoms with van der Waals surface area (Å²) in [5, 5.41) is 3.44. The van der Waals surface area contributed by atoms with E-state index >= 15 is 0 Å². The van der Waals surface area contributed by atoms with Gasteiger partial charge >= 0.3 is 0 Å². The summed E-state index contributed by atoms with van der Waals surface area (Å²) in [7, 11) is 0. The van der Waals surface area contributed by atoms with Gasteiger partial charge in [-0.1, -0.05) is 6.92 Å². The Morgan fingerprint density at radius 2 is 2.50 bits per heavy atom. The number of nitrogens with one attached hydrogen (secondary N) is 1. The van der Waals surface area contributed by atoms with Crippen LogP contribution >= 0.6 is 0 Å². The molecule has 0 spiro atoms. The second-order valence-corrected chi connectivity index (χ2v) is 3.20. The molecule has 0 radical (unpaired) electrons. The molecule has 1 rings (SSSR count). The molecule has 1 saturated heterocycles. The fraction of sp³-hybridized carbons (Fsp3) is 1.00. The highest BCUT2D eigenvalue weighted by Gasteiger charge is 2.15. The van der Waals surface area contributed by atoms with Gasteiger partial charge < -0.3 is 11.1 Å². The van der Waals surface area contributed by atoms with Crippen molar-refractivity contribution < 1.29 is 0 Å². The van der Waals surface area contributed by atoms with Crippen molar-refractivity contribution in [2.75, 3.05) is 6.54 Å². The molecular weight excluding hydrogens is 124 g/mol. The molecule has 2 nitrogen and oxygen atoms in total. The van der Waals surface area contributed by atoms with Gasteiger partial charge in [0.15, 0.2) is 0 Å². The lowest BCUT2D eigenvalue weighted by molar-refractivity contribution is 0.479. The van der Waals surface area contributed by atoms with Crippen LogP contribution in [0.5, 0.6) is 0 Å². The van der Waals surface area contributed by atoms with Gasteiger partial charge in [0.25, 0.3) is 0 Å². The summed E-state index contributed by atoms with van der Waals surface area (Å²) in [6.45, 7) is 3.35.